The van der Waals surface area contributed by atoms with Crippen molar-refractivity contribution in [1.29, 1.82) is 0 Å². The van der Waals surface area contributed by atoms with Crippen molar-refractivity contribution in [3.05, 3.63) is 71.8 Å². The Balaban J connectivity index is 1.56. The first-order valence-electron chi connectivity index (χ1n) is 8.49. The lowest BCUT2D eigenvalue weighted by Gasteiger charge is -2.20. The monoisotopic (exact) mass is 355 g/mol. The topological polar surface area (TPSA) is 76.1 Å². The molecule has 1 aliphatic rings. The van der Waals surface area contributed by atoms with Crippen LogP contribution in [-0.2, 0) is 27.5 Å². The van der Waals surface area contributed by atoms with Crippen molar-refractivity contribution in [3.8, 4) is 0 Å². The van der Waals surface area contributed by atoms with Crippen molar-refractivity contribution in [2.45, 2.75) is 31.8 Å². The van der Waals surface area contributed by atoms with Crippen molar-refractivity contribution in [2.24, 2.45) is 0 Å². The molecule has 6 nitrogen and oxygen atoms in total. The Hall–Kier alpha value is -2.86. The van der Waals surface area contributed by atoms with E-state index in [1.54, 1.807) is 0 Å². The molecular formula is C20H21NO5. The summed E-state index contributed by atoms with van der Waals surface area (Å²) in [4.78, 5) is 25.1. The number of likely N-dealkylation sites (tertiary alicyclic amines) is 1. The van der Waals surface area contributed by atoms with E-state index < -0.39 is 18.1 Å². The normalized spacial score (nSPS) is 19.3. The molecule has 0 unspecified atom stereocenters. The van der Waals surface area contributed by atoms with E-state index in [-0.39, 0.29) is 25.7 Å². The van der Waals surface area contributed by atoms with Gasteiger partial charge in [-0.3, -0.25) is 4.90 Å². The predicted molar refractivity (Wildman–Crippen MR) is 94.4 cm³/mol. The van der Waals surface area contributed by atoms with Crippen LogP contribution in [0.3, 0.4) is 0 Å². The zero-order valence-electron chi connectivity index (χ0n) is 14.3. The molecule has 3 rings (SSSR count). The molecule has 2 aromatic rings. The van der Waals surface area contributed by atoms with E-state index in [2.05, 4.69) is 0 Å². The molecular weight excluding hydrogens is 334 g/mol. The summed E-state index contributed by atoms with van der Waals surface area (Å²) in [5.41, 5.74) is 1.85. The quantitative estimate of drug-likeness (QED) is 0.862. The fourth-order valence-corrected chi connectivity index (χ4v) is 2.94. The van der Waals surface area contributed by atoms with Gasteiger partial charge in [0.05, 0.1) is 19.3 Å². The number of nitrogens with zero attached hydrogens (tertiary/aromatic N) is 1. The fourth-order valence-electron chi connectivity index (χ4n) is 2.94. The molecule has 2 aromatic carbocycles. The average molecular weight is 355 g/mol. The summed E-state index contributed by atoms with van der Waals surface area (Å²) in [7, 11) is 0. The molecule has 1 amide bonds. The van der Waals surface area contributed by atoms with Crippen LogP contribution in [0.15, 0.2) is 60.7 Å². The van der Waals surface area contributed by atoms with Crippen LogP contribution in [0, 0.1) is 0 Å². The predicted octanol–water partition coefficient (Wildman–Crippen LogP) is 3.07. The van der Waals surface area contributed by atoms with Crippen LogP contribution >= 0.6 is 0 Å². The summed E-state index contributed by atoms with van der Waals surface area (Å²) in [5.74, 6) is -1.05. The molecule has 1 aliphatic heterocycles. The van der Waals surface area contributed by atoms with Crippen LogP contribution in [0.1, 0.15) is 17.5 Å². The minimum Gasteiger partial charge on any atom is -0.480 e. The maximum atomic E-state index is 12.3. The highest BCUT2D eigenvalue weighted by Gasteiger charge is 2.41. The molecule has 1 N–H and O–H groups in total. The Kier molecular flexibility index (Phi) is 5.86. The number of ether oxygens (including phenoxy) is 2. The van der Waals surface area contributed by atoms with E-state index in [1.165, 1.54) is 4.90 Å². The van der Waals surface area contributed by atoms with Crippen LogP contribution < -0.4 is 0 Å². The lowest BCUT2D eigenvalue weighted by atomic mass is 10.2. The Morgan fingerprint density at radius 1 is 0.962 bits per heavy atom. The molecule has 6 heteroatoms. The van der Waals surface area contributed by atoms with E-state index in [0.717, 1.165) is 11.1 Å². The van der Waals surface area contributed by atoms with Gasteiger partial charge in [-0.1, -0.05) is 60.7 Å². The van der Waals surface area contributed by atoms with Crippen LogP contribution in [0.25, 0.3) is 0 Å². The lowest BCUT2D eigenvalue weighted by molar-refractivity contribution is -0.141. The lowest BCUT2D eigenvalue weighted by Crippen LogP contribution is -2.40. The molecule has 0 saturated carbocycles. The molecule has 0 aliphatic carbocycles. The third-order valence-corrected chi connectivity index (χ3v) is 4.32. The highest BCUT2D eigenvalue weighted by Crippen LogP contribution is 2.23. The number of carbonyl (C=O) groups is 2. The highest BCUT2D eigenvalue weighted by molar-refractivity contribution is 5.80. The number of benzene rings is 2. The summed E-state index contributed by atoms with van der Waals surface area (Å²) in [6, 6.07) is 18.0. The van der Waals surface area contributed by atoms with Gasteiger partial charge < -0.3 is 14.6 Å². The van der Waals surface area contributed by atoms with Crippen LogP contribution in [0.2, 0.25) is 0 Å². The molecule has 1 fully saturated rings. The standard InChI is InChI=1S/C20H21NO5/c22-19(23)18-11-17(25-13-15-7-3-1-4-8-15)12-21(18)20(24)26-14-16-9-5-2-6-10-16/h1-10,17-18H,11-14H2,(H,22,23)/t17-,18-/m1/s1. The minimum absolute atomic E-state index is 0.109. The van der Waals surface area contributed by atoms with Gasteiger partial charge in [0.25, 0.3) is 0 Å². The summed E-state index contributed by atoms with van der Waals surface area (Å²) < 4.78 is 11.1. The summed E-state index contributed by atoms with van der Waals surface area (Å²) in [6.07, 6.45) is -0.713. The average Bonchev–Trinajstić information content (AvgIpc) is 3.11. The van der Waals surface area contributed by atoms with Crippen LogP contribution in [-0.4, -0.2) is 40.8 Å². The van der Waals surface area contributed by atoms with Crippen molar-refractivity contribution >= 4 is 12.1 Å². The first-order valence-corrected chi connectivity index (χ1v) is 8.49. The van der Waals surface area contributed by atoms with Crippen molar-refractivity contribution in [3.63, 3.8) is 0 Å². The van der Waals surface area contributed by atoms with E-state index >= 15 is 0 Å². The van der Waals surface area contributed by atoms with Crippen LogP contribution in [0.4, 0.5) is 4.79 Å². The third kappa shape index (κ3) is 4.61. The van der Waals surface area contributed by atoms with Gasteiger partial charge in [-0.25, -0.2) is 9.59 Å². The largest absolute Gasteiger partial charge is 0.480 e. The Morgan fingerprint density at radius 2 is 1.54 bits per heavy atom. The molecule has 0 bridgehead atoms. The summed E-state index contributed by atoms with van der Waals surface area (Å²) in [6.45, 7) is 0.695. The SMILES string of the molecule is O=C(O)[C@H]1C[C@@H](OCc2ccccc2)CN1C(=O)OCc1ccccc1. The number of carbonyl (C=O) groups excluding carboxylic acids is 1. The second-order valence-corrected chi connectivity index (χ2v) is 6.20. The first-order chi connectivity index (χ1) is 12.6. The number of amides is 1. The molecule has 0 aromatic heterocycles. The van der Waals surface area contributed by atoms with E-state index in [9.17, 15) is 14.7 Å². The maximum absolute atomic E-state index is 12.3. The summed E-state index contributed by atoms with van der Waals surface area (Å²) >= 11 is 0. The smallest absolute Gasteiger partial charge is 0.410 e. The molecule has 26 heavy (non-hydrogen) atoms. The fraction of sp³-hybridized carbons (Fsp3) is 0.300. The number of rotatable bonds is 6. The first kappa shape index (κ1) is 17.9. The number of aliphatic carboxylic acids is 1. The number of hydrogen-bond acceptors (Lipinski definition) is 4. The number of carboxylic acid groups (broad SMARTS) is 1. The third-order valence-electron chi connectivity index (χ3n) is 4.32. The van der Waals surface area contributed by atoms with Gasteiger partial charge in [0.15, 0.2) is 0 Å². The van der Waals surface area contributed by atoms with Gasteiger partial charge in [0.1, 0.15) is 12.6 Å². The molecule has 0 spiro atoms. The zero-order chi connectivity index (χ0) is 18.4. The minimum atomic E-state index is -1.05. The van der Waals surface area contributed by atoms with Gasteiger partial charge >= 0.3 is 12.1 Å². The van der Waals surface area contributed by atoms with E-state index in [1.807, 2.05) is 60.7 Å². The molecule has 1 heterocycles. The number of hydrogen-bond donors (Lipinski definition) is 1. The second-order valence-electron chi connectivity index (χ2n) is 6.20. The van der Waals surface area contributed by atoms with Crippen molar-refractivity contribution in [2.75, 3.05) is 6.54 Å². The van der Waals surface area contributed by atoms with Gasteiger partial charge in [-0.05, 0) is 11.1 Å². The second kappa shape index (κ2) is 8.49. The molecule has 0 radical (unpaired) electrons. The van der Waals surface area contributed by atoms with Gasteiger partial charge in [-0.2, -0.15) is 0 Å². The van der Waals surface area contributed by atoms with Gasteiger partial charge in [-0.15, -0.1) is 0 Å². The molecule has 1 saturated heterocycles. The van der Waals surface area contributed by atoms with Gasteiger partial charge in [0, 0.05) is 6.42 Å². The summed E-state index contributed by atoms with van der Waals surface area (Å²) in [5, 5.41) is 9.42. The molecule has 136 valence electrons. The van der Waals surface area contributed by atoms with Gasteiger partial charge in [0.2, 0.25) is 0 Å². The molecule has 2 atom stereocenters. The Morgan fingerprint density at radius 3 is 2.12 bits per heavy atom. The number of carboxylic acids is 1. The maximum Gasteiger partial charge on any atom is 0.410 e. The van der Waals surface area contributed by atoms with Crippen LogP contribution in [0.5, 0.6) is 0 Å². The van der Waals surface area contributed by atoms with E-state index in [4.69, 9.17) is 9.47 Å². The van der Waals surface area contributed by atoms with Crippen molar-refractivity contribution < 1.29 is 24.2 Å². The van der Waals surface area contributed by atoms with Crippen molar-refractivity contribution in [1.82, 2.24) is 4.90 Å². The Bertz CT molecular complexity index is 734. The highest BCUT2D eigenvalue weighted by atomic mass is 16.6. The Labute approximate surface area is 152 Å². The zero-order valence-corrected chi connectivity index (χ0v) is 14.3. The van der Waals surface area contributed by atoms with E-state index in [0.29, 0.717) is 6.61 Å².